The van der Waals surface area contributed by atoms with E-state index in [9.17, 15) is 0 Å². The molecule has 1 aromatic heterocycles. The van der Waals surface area contributed by atoms with Crippen LogP contribution in [-0.4, -0.2) is 21.2 Å². The van der Waals surface area contributed by atoms with Gasteiger partial charge in [-0.05, 0) is 43.3 Å². The van der Waals surface area contributed by atoms with E-state index in [1.807, 2.05) is 61.5 Å². The van der Waals surface area contributed by atoms with Crippen molar-refractivity contribution in [2.45, 2.75) is 6.92 Å². The molecule has 0 aliphatic heterocycles. The maximum Gasteiger partial charge on any atom is 0.231 e. The van der Waals surface area contributed by atoms with E-state index in [-0.39, 0.29) is 0 Å². The normalized spacial score (nSPS) is 11.0. The number of halogens is 1. The Balaban J connectivity index is 2.10. The van der Waals surface area contributed by atoms with Crippen LogP contribution in [-0.2, 0) is 0 Å². The van der Waals surface area contributed by atoms with E-state index in [0.717, 1.165) is 10.2 Å². The second kappa shape index (κ2) is 6.66. The number of nitrogens with zero attached hydrogens (tertiary/aromatic N) is 3. The first-order valence-corrected chi connectivity index (χ1v) is 7.74. The van der Waals surface area contributed by atoms with Crippen LogP contribution in [0.25, 0.3) is 5.69 Å². The molecular weight excluding hydrogens is 358 g/mol. The molecule has 0 bridgehead atoms. The second-order valence-corrected chi connectivity index (χ2v) is 5.77. The van der Waals surface area contributed by atoms with Crippen LogP contribution >= 0.6 is 15.9 Å². The lowest BCUT2D eigenvalue weighted by Crippen LogP contribution is -2.00. The van der Waals surface area contributed by atoms with Crippen LogP contribution in [0.2, 0.25) is 0 Å². The molecule has 0 unspecified atom stereocenters. The van der Waals surface area contributed by atoms with Gasteiger partial charge in [-0.1, -0.05) is 39.3 Å². The van der Waals surface area contributed by atoms with Crippen molar-refractivity contribution in [1.82, 2.24) is 9.78 Å². The summed E-state index contributed by atoms with van der Waals surface area (Å²) in [5.74, 6) is 1.16. The van der Waals surface area contributed by atoms with Crippen molar-refractivity contribution in [2.24, 2.45) is 5.16 Å². The topological polar surface area (TPSA) is 59.6 Å². The summed E-state index contributed by atoms with van der Waals surface area (Å²) in [6.45, 7) is 1.84. The Kier molecular flexibility index (Phi) is 4.43. The number of ether oxygens (including phenoxy) is 1. The monoisotopic (exact) mass is 371 g/mol. The van der Waals surface area contributed by atoms with E-state index < -0.39 is 0 Å². The number of benzene rings is 2. The minimum atomic E-state index is 0.494. The Morgan fingerprint density at radius 1 is 1.13 bits per heavy atom. The Morgan fingerprint density at radius 2 is 1.83 bits per heavy atom. The van der Waals surface area contributed by atoms with Gasteiger partial charge in [0.1, 0.15) is 5.75 Å². The summed E-state index contributed by atoms with van der Waals surface area (Å²) < 4.78 is 8.66. The van der Waals surface area contributed by atoms with Crippen LogP contribution < -0.4 is 4.74 Å². The van der Waals surface area contributed by atoms with E-state index in [2.05, 4.69) is 26.2 Å². The highest BCUT2D eigenvalue weighted by Gasteiger charge is 2.17. The Labute approximate surface area is 142 Å². The SMILES string of the molecule is Cc1nn(-c2ccccc2)c(Oc2ccc(Br)cc2)c1/C=N/O. The van der Waals surface area contributed by atoms with Gasteiger partial charge in [0.15, 0.2) is 0 Å². The third-order valence-corrected chi connectivity index (χ3v) is 3.81. The molecule has 23 heavy (non-hydrogen) atoms. The predicted molar refractivity (Wildman–Crippen MR) is 91.9 cm³/mol. The van der Waals surface area contributed by atoms with Crippen molar-refractivity contribution >= 4 is 22.1 Å². The highest BCUT2D eigenvalue weighted by atomic mass is 79.9. The average Bonchev–Trinajstić information content (AvgIpc) is 2.87. The minimum Gasteiger partial charge on any atom is -0.438 e. The third kappa shape index (κ3) is 3.27. The zero-order chi connectivity index (χ0) is 16.2. The third-order valence-electron chi connectivity index (χ3n) is 3.28. The molecule has 5 nitrogen and oxygen atoms in total. The maximum atomic E-state index is 8.92. The Hall–Kier alpha value is -2.60. The van der Waals surface area contributed by atoms with Gasteiger partial charge < -0.3 is 9.94 Å². The lowest BCUT2D eigenvalue weighted by atomic mass is 10.2. The van der Waals surface area contributed by atoms with Crippen LogP contribution in [0, 0.1) is 6.92 Å². The van der Waals surface area contributed by atoms with E-state index in [0.29, 0.717) is 22.9 Å². The molecule has 116 valence electrons. The summed E-state index contributed by atoms with van der Waals surface area (Å²) in [5, 5.41) is 16.5. The lowest BCUT2D eigenvalue weighted by molar-refractivity contribution is 0.321. The smallest absolute Gasteiger partial charge is 0.231 e. The summed E-state index contributed by atoms with van der Waals surface area (Å²) >= 11 is 3.40. The van der Waals surface area contributed by atoms with Crippen LogP contribution in [0.3, 0.4) is 0 Å². The van der Waals surface area contributed by atoms with Crippen LogP contribution in [0.1, 0.15) is 11.3 Å². The van der Waals surface area contributed by atoms with Gasteiger partial charge in [-0.3, -0.25) is 0 Å². The second-order valence-electron chi connectivity index (χ2n) is 4.85. The van der Waals surface area contributed by atoms with Crippen LogP contribution in [0.4, 0.5) is 0 Å². The van der Waals surface area contributed by atoms with Gasteiger partial charge in [-0.2, -0.15) is 9.78 Å². The number of oxime groups is 1. The Bertz CT molecular complexity index is 827. The number of para-hydroxylation sites is 1. The van der Waals surface area contributed by atoms with E-state index in [4.69, 9.17) is 9.94 Å². The fourth-order valence-electron chi connectivity index (χ4n) is 2.18. The zero-order valence-corrected chi connectivity index (χ0v) is 13.9. The van der Waals surface area contributed by atoms with E-state index >= 15 is 0 Å². The number of hydrogen-bond acceptors (Lipinski definition) is 4. The molecule has 1 N–H and O–H groups in total. The van der Waals surface area contributed by atoms with E-state index in [1.165, 1.54) is 6.21 Å². The summed E-state index contributed by atoms with van der Waals surface area (Å²) in [6.07, 6.45) is 1.33. The summed E-state index contributed by atoms with van der Waals surface area (Å²) in [7, 11) is 0. The van der Waals surface area contributed by atoms with Gasteiger partial charge in [0, 0.05) is 4.47 Å². The first-order chi connectivity index (χ1) is 11.2. The van der Waals surface area contributed by atoms with Crippen molar-refractivity contribution in [1.29, 1.82) is 0 Å². The van der Waals surface area contributed by atoms with Crippen molar-refractivity contribution in [2.75, 3.05) is 0 Å². The van der Waals surface area contributed by atoms with Crippen molar-refractivity contribution < 1.29 is 9.94 Å². The molecule has 0 aliphatic rings. The fourth-order valence-corrected chi connectivity index (χ4v) is 2.45. The molecule has 0 saturated carbocycles. The Morgan fingerprint density at radius 3 is 2.48 bits per heavy atom. The molecule has 3 rings (SSSR count). The number of rotatable bonds is 4. The van der Waals surface area contributed by atoms with Crippen LogP contribution in [0.5, 0.6) is 11.6 Å². The molecule has 1 heterocycles. The minimum absolute atomic E-state index is 0.494. The molecule has 0 atom stereocenters. The van der Waals surface area contributed by atoms with Gasteiger partial charge in [0.2, 0.25) is 5.88 Å². The molecule has 3 aromatic rings. The van der Waals surface area contributed by atoms with Crippen molar-refractivity contribution in [3.8, 4) is 17.3 Å². The van der Waals surface area contributed by atoms with E-state index in [1.54, 1.807) is 4.68 Å². The van der Waals surface area contributed by atoms with Gasteiger partial charge >= 0.3 is 0 Å². The quantitative estimate of drug-likeness (QED) is 0.415. The average molecular weight is 372 g/mol. The molecule has 2 aromatic carbocycles. The largest absolute Gasteiger partial charge is 0.438 e. The first-order valence-electron chi connectivity index (χ1n) is 6.95. The highest BCUT2D eigenvalue weighted by Crippen LogP contribution is 2.30. The lowest BCUT2D eigenvalue weighted by Gasteiger charge is -2.10. The van der Waals surface area contributed by atoms with Crippen molar-refractivity contribution in [3.63, 3.8) is 0 Å². The van der Waals surface area contributed by atoms with Crippen molar-refractivity contribution in [3.05, 3.63) is 70.3 Å². The number of aryl methyl sites for hydroxylation is 1. The van der Waals surface area contributed by atoms with Gasteiger partial charge in [0.25, 0.3) is 0 Å². The predicted octanol–water partition coefficient (Wildman–Crippen LogP) is 4.54. The first kappa shape index (κ1) is 15.3. The highest BCUT2D eigenvalue weighted by molar-refractivity contribution is 9.10. The van der Waals surface area contributed by atoms with Gasteiger partial charge in [-0.25, -0.2) is 0 Å². The fraction of sp³-hybridized carbons (Fsp3) is 0.0588. The summed E-state index contributed by atoms with van der Waals surface area (Å²) in [5.41, 5.74) is 2.19. The summed E-state index contributed by atoms with van der Waals surface area (Å²) in [4.78, 5) is 0. The molecule has 0 aliphatic carbocycles. The van der Waals surface area contributed by atoms with Gasteiger partial charge in [0.05, 0.1) is 23.2 Å². The molecule has 0 spiro atoms. The van der Waals surface area contributed by atoms with Crippen LogP contribution in [0.15, 0.2) is 64.2 Å². The molecule has 0 saturated heterocycles. The summed E-state index contributed by atoms with van der Waals surface area (Å²) in [6, 6.07) is 17.1. The van der Waals surface area contributed by atoms with Gasteiger partial charge in [-0.15, -0.1) is 0 Å². The number of aromatic nitrogens is 2. The maximum absolute atomic E-state index is 8.92. The number of hydrogen-bond donors (Lipinski definition) is 1. The molecule has 0 fully saturated rings. The zero-order valence-electron chi connectivity index (χ0n) is 12.3. The molecule has 0 radical (unpaired) electrons. The molecular formula is C17H14BrN3O2. The molecule has 0 amide bonds. The standard InChI is InChI=1S/C17H14BrN3O2/c1-12-16(11-19-22)17(23-15-9-7-13(18)8-10-15)21(20-12)14-5-3-2-4-6-14/h2-11,22H,1H3/b19-11+. The molecule has 6 heteroatoms.